The van der Waals surface area contributed by atoms with Gasteiger partial charge in [-0.15, -0.1) is 11.3 Å². The van der Waals surface area contributed by atoms with Crippen LogP contribution in [0.3, 0.4) is 0 Å². The summed E-state index contributed by atoms with van der Waals surface area (Å²) in [5.74, 6) is -1.51. The summed E-state index contributed by atoms with van der Waals surface area (Å²) in [5.41, 5.74) is 1.09. The van der Waals surface area contributed by atoms with Crippen molar-refractivity contribution in [1.29, 1.82) is 0 Å². The van der Waals surface area contributed by atoms with Crippen LogP contribution in [0.4, 0.5) is 9.93 Å². The smallest absolute Gasteiger partial charge is 0.321 e. The third kappa shape index (κ3) is 4.17. The van der Waals surface area contributed by atoms with Crippen molar-refractivity contribution in [3.05, 3.63) is 10.6 Å². The number of amides is 2. The third-order valence-electron chi connectivity index (χ3n) is 3.67. The van der Waals surface area contributed by atoms with Gasteiger partial charge in [0, 0.05) is 11.4 Å². The SMILES string of the molecule is CC(C)C(CNC(=O)Nc1nc2c(s1)CCCC2)C(=O)O. The fourth-order valence-corrected chi connectivity index (χ4v) is 3.40. The molecule has 0 fully saturated rings. The molecule has 6 nitrogen and oxygen atoms in total. The van der Waals surface area contributed by atoms with Crippen LogP contribution in [-0.2, 0) is 17.6 Å². The summed E-state index contributed by atoms with van der Waals surface area (Å²) in [6.45, 7) is 3.77. The van der Waals surface area contributed by atoms with Gasteiger partial charge in [-0.1, -0.05) is 13.8 Å². The molecule has 1 aromatic heterocycles. The molecule has 0 radical (unpaired) electrons. The standard InChI is InChI=1S/C14H21N3O3S/c1-8(2)9(12(18)19)7-15-13(20)17-14-16-10-5-3-4-6-11(10)21-14/h8-9H,3-7H2,1-2H3,(H,18,19)(H2,15,16,17,20). The summed E-state index contributed by atoms with van der Waals surface area (Å²) in [6, 6.07) is -0.395. The van der Waals surface area contributed by atoms with Crippen molar-refractivity contribution in [3.8, 4) is 0 Å². The predicted molar refractivity (Wildman–Crippen MR) is 81.7 cm³/mol. The van der Waals surface area contributed by atoms with Crippen molar-refractivity contribution in [1.82, 2.24) is 10.3 Å². The zero-order valence-corrected chi connectivity index (χ0v) is 13.1. The van der Waals surface area contributed by atoms with Crippen molar-refractivity contribution in [2.45, 2.75) is 39.5 Å². The molecule has 7 heteroatoms. The summed E-state index contributed by atoms with van der Waals surface area (Å²) in [7, 11) is 0. The average molecular weight is 311 g/mol. The first-order valence-corrected chi connectivity index (χ1v) is 8.05. The molecular formula is C14H21N3O3S. The predicted octanol–water partition coefficient (Wildman–Crippen LogP) is 2.50. The Labute approximate surface area is 128 Å². The molecule has 0 aromatic carbocycles. The van der Waals surface area contributed by atoms with Crippen LogP contribution in [0.2, 0.25) is 0 Å². The minimum atomic E-state index is -0.894. The Kier molecular flexibility index (Phi) is 5.17. The number of rotatable bonds is 5. The molecule has 1 aliphatic rings. The summed E-state index contributed by atoms with van der Waals surface area (Å²) < 4.78 is 0. The molecule has 0 aliphatic heterocycles. The van der Waals surface area contributed by atoms with E-state index in [-0.39, 0.29) is 12.5 Å². The van der Waals surface area contributed by atoms with Crippen LogP contribution in [0.25, 0.3) is 0 Å². The normalized spacial score (nSPS) is 15.4. The van der Waals surface area contributed by atoms with Crippen LogP contribution < -0.4 is 10.6 Å². The lowest BCUT2D eigenvalue weighted by atomic mass is 9.96. The first kappa shape index (κ1) is 15.8. The van der Waals surface area contributed by atoms with Crippen LogP contribution in [0, 0.1) is 11.8 Å². The number of nitrogens with zero attached hydrogens (tertiary/aromatic N) is 1. The second-order valence-electron chi connectivity index (χ2n) is 5.62. The number of nitrogens with one attached hydrogen (secondary N) is 2. The first-order chi connectivity index (χ1) is 9.97. The quantitative estimate of drug-likeness (QED) is 0.779. The summed E-state index contributed by atoms with van der Waals surface area (Å²) in [6.07, 6.45) is 4.33. The molecule has 1 unspecified atom stereocenters. The number of carbonyl (C=O) groups is 2. The maximum atomic E-state index is 11.8. The Morgan fingerprint density at radius 2 is 2.05 bits per heavy atom. The highest BCUT2D eigenvalue weighted by molar-refractivity contribution is 7.15. The molecule has 0 saturated heterocycles. The zero-order chi connectivity index (χ0) is 15.4. The van der Waals surface area contributed by atoms with Gasteiger partial charge in [-0.3, -0.25) is 10.1 Å². The molecule has 21 heavy (non-hydrogen) atoms. The zero-order valence-electron chi connectivity index (χ0n) is 12.3. The molecule has 1 aromatic rings. The summed E-state index contributed by atoms with van der Waals surface area (Å²) in [4.78, 5) is 28.6. The number of carboxylic acids is 1. The fourth-order valence-electron chi connectivity index (χ4n) is 2.36. The number of urea groups is 1. The van der Waals surface area contributed by atoms with Crippen LogP contribution in [0.5, 0.6) is 0 Å². The monoisotopic (exact) mass is 311 g/mol. The third-order valence-corrected chi connectivity index (χ3v) is 4.74. The number of aryl methyl sites for hydroxylation is 2. The van der Waals surface area contributed by atoms with E-state index in [0.717, 1.165) is 25.0 Å². The highest BCUT2D eigenvalue weighted by Gasteiger charge is 2.22. The van der Waals surface area contributed by atoms with E-state index in [2.05, 4.69) is 15.6 Å². The molecule has 116 valence electrons. The van der Waals surface area contributed by atoms with Gasteiger partial charge < -0.3 is 10.4 Å². The van der Waals surface area contributed by atoms with Crippen molar-refractivity contribution in [2.24, 2.45) is 11.8 Å². The molecule has 0 bridgehead atoms. The second-order valence-corrected chi connectivity index (χ2v) is 6.70. The molecule has 2 rings (SSSR count). The lowest BCUT2D eigenvalue weighted by Gasteiger charge is -2.16. The number of anilines is 1. The van der Waals surface area contributed by atoms with Crippen LogP contribution in [0.1, 0.15) is 37.3 Å². The molecule has 0 spiro atoms. The van der Waals surface area contributed by atoms with Gasteiger partial charge in [-0.2, -0.15) is 0 Å². The summed E-state index contributed by atoms with van der Waals surface area (Å²) >= 11 is 1.51. The number of thiazole rings is 1. The van der Waals surface area contributed by atoms with Gasteiger partial charge in [0.15, 0.2) is 5.13 Å². The van der Waals surface area contributed by atoms with Crippen LogP contribution in [0.15, 0.2) is 0 Å². The minimum Gasteiger partial charge on any atom is -0.481 e. The Bertz CT molecular complexity index is 504. The Morgan fingerprint density at radius 3 is 2.67 bits per heavy atom. The van der Waals surface area contributed by atoms with Gasteiger partial charge in [-0.25, -0.2) is 9.78 Å². The average Bonchev–Trinajstić information content (AvgIpc) is 2.79. The summed E-state index contributed by atoms with van der Waals surface area (Å²) in [5, 5.41) is 15.0. The van der Waals surface area contributed by atoms with E-state index in [4.69, 9.17) is 5.11 Å². The van der Waals surface area contributed by atoms with Crippen molar-refractivity contribution >= 4 is 28.5 Å². The topological polar surface area (TPSA) is 91.3 Å². The Hall–Kier alpha value is -1.63. The van der Waals surface area contributed by atoms with Crippen LogP contribution in [-0.4, -0.2) is 28.6 Å². The largest absolute Gasteiger partial charge is 0.481 e. The molecule has 1 atom stereocenters. The van der Waals surface area contributed by atoms with Crippen molar-refractivity contribution in [3.63, 3.8) is 0 Å². The highest BCUT2D eigenvalue weighted by atomic mass is 32.1. The first-order valence-electron chi connectivity index (χ1n) is 7.23. The maximum Gasteiger partial charge on any atom is 0.321 e. The molecular weight excluding hydrogens is 290 g/mol. The van der Waals surface area contributed by atoms with E-state index in [0.29, 0.717) is 5.13 Å². The van der Waals surface area contributed by atoms with Gasteiger partial charge in [-0.05, 0) is 31.6 Å². The van der Waals surface area contributed by atoms with Crippen LogP contribution >= 0.6 is 11.3 Å². The fraction of sp³-hybridized carbons (Fsp3) is 0.643. The van der Waals surface area contributed by atoms with E-state index in [1.165, 1.54) is 22.6 Å². The molecule has 1 heterocycles. The van der Waals surface area contributed by atoms with E-state index >= 15 is 0 Å². The Morgan fingerprint density at radius 1 is 1.33 bits per heavy atom. The maximum absolute atomic E-state index is 11.8. The Balaban J connectivity index is 1.87. The lowest BCUT2D eigenvalue weighted by molar-refractivity contribution is -0.142. The number of hydrogen-bond donors (Lipinski definition) is 3. The van der Waals surface area contributed by atoms with Crippen molar-refractivity contribution in [2.75, 3.05) is 11.9 Å². The lowest BCUT2D eigenvalue weighted by Crippen LogP contribution is -2.37. The van der Waals surface area contributed by atoms with Gasteiger partial charge in [0.2, 0.25) is 0 Å². The van der Waals surface area contributed by atoms with E-state index in [9.17, 15) is 9.59 Å². The van der Waals surface area contributed by atoms with Gasteiger partial charge in [0.1, 0.15) is 0 Å². The minimum absolute atomic E-state index is 0.0324. The van der Waals surface area contributed by atoms with Gasteiger partial charge >= 0.3 is 12.0 Å². The molecule has 3 N–H and O–H groups in total. The molecule has 0 saturated carbocycles. The highest BCUT2D eigenvalue weighted by Crippen LogP contribution is 2.29. The van der Waals surface area contributed by atoms with Gasteiger partial charge in [0.25, 0.3) is 0 Å². The second kappa shape index (κ2) is 6.89. The number of aromatic nitrogens is 1. The molecule has 1 aliphatic carbocycles. The number of fused-ring (bicyclic) bond motifs is 1. The van der Waals surface area contributed by atoms with Crippen molar-refractivity contribution < 1.29 is 14.7 Å². The van der Waals surface area contributed by atoms with Gasteiger partial charge in [0.05, 0.1) is 11.6 Å². The molecule has 2 amide bonds. The van der Waals surface area contributed by atoms with E-state index in [1.807, 2.05) is 13.8 Å². The number of carbonyl (C=O) groups excluding carboxylic acids is 1. The van der Waals surface area contributed by atoms with E-state index < -0.39 is 17.9 Å². The number of aliphatic carboxylic acids is 1. The number of carboxylic acid groups (broad SMARTS) is 1. The number of hydrogen-bond acceptors (Lipinski definition) is 4. The van der Waals surface area contributed by atoms with E-state index in [1.54, 1.807) is 0 Å².